The highest BCUT2D eigenvalue weighted by Gasteiger charge is 2.23. The number of rotatable bonds is 3. The Morgan fingerprint density at radius 1 is 1.29 bits per heavy atom. The normalized spacial score (nSPS) is 14.7. The van der Waals surface area contributed by atoms with Crippen LogP contribution in [-0.4, -0.2) is 15.0 Å². The fourth-order valence-corrected chi connectivity index (χ4v) is 1.66. The zero-order valence-corrected chi connectivity index (χ0v) is 9.86. The third-order valence-corrected chi connectivity index (χ3v) is 2.37. The molecule has 1 heterocycles. The van der Waals surface area contributed by atoms with Gasteiger partial charge in [-0.2, -0.15) is 0 Å². The van der Waals surface area contributed by atoms with E-state index in [9.17, 15) is 0 Å². The topological polar surface area (TPSA) is 30.7 Å². The van der Waals surface area contributed by atoms with Gasteiger partial charge in [0.15, 0.2) is 0 Å². The monoisotopic (exact) mass is 195 g/mol. The Morgan fingerprint density at radius 2 is 1.93 bits per heavy atom. The molecule has 1 aromatic heterocycles. The van der Waals surface area contributed by atoms with Crippen LogP contribution in [0.1, 0.15) is 47.1 Å². The number of aromatic nitrogens is 3. The predicted octanol–water partition coefficient (Wildman–Crippen LogP) is 2.91. The van der Waals surface area contributed by atoms with Crippen LogP contribution < -0.4 is 0 Å². The van der Waals surface area contributed by atoms with Gasteiger partial charge in [0.25, 0.3) is 0 Å². The number of hydrogen-bond acceptors (Lipinski definition) is 2. The number of nitrogens with zero attached hydrogens (tertiary/aromatic N) is 3. The van der Waals surface area contributed by atoms with Crippen LogP contribution >= 0.6 is 0 Å². The molecule has 3 heteroatoms. The molecule has 0 aliphatic carbocycles. The fraction of sp³-hybridized carbons (Fsp3) is 0.818. The van der Waals surface area contributed by atoms with Crippen LogP contribution in [0.15, 0.2) is 12.4 Å². The van der Waals surface area contributed by atoms with Gasteiger partial charge in [0.1, 0.15) is 0 Å². The molecular weight excluding hydrogens is 174 g/mol. The summed E-state index contributed by atoms with van der Waals surface area (Å²) in [7, 11) is 0. The van der Waals surface area contributed by atoms with Crippen molar-refractivity contribution in [2.45, 2.75) is 47.1 Å². The van der Waals surface area contributed by atoms with Gasteiger partial charge in [-0.1, -0.05) is 39.8 Å². The third-order valence-electron chi connectivity index (χ3n) is 2.37. The minimum Gasteiger partial charge on any atom is -0.249 e. The van der Waals surface area contributed by atoms with Crippen molar-refractivity contribution in [3.05, 3.63) is 12.4 Å². The maximum absolute atomic E-state index is 4.09. The zero-order valence-electron chi connectivity index (χ0n) is 9.86. The lowest BCUT2D eigenvalue weighted by Gasteiger charge is -2.28. The first-order valence-corrected chi connectivity index (χ1v) is 5.26. The van der Waals surface area contributed by atoms with Gasteiger partial charge in [-0.15, -0.1) is 5.10 Å². The fourth-order valence-electron chi connectivity index (χ4n) is 1.66. The quantitative estimate of drug-likeness (QED) is 0.742. The Kier molecular flexibility index (Phi) is 3.29. The SMILES string of the molecule is CC(C)C(CC(C)(C)C)n1ccnn1. The highest BCUT2D eigenvalue weighted by Crippen LogP contribution is 2.31. The molecule has 0 saturated carbocycles. The Morgan fingerprint density at radius 3 is 2.29 bits per heavy atom. The Hall–Kier alpha value is -0.860. The van der Waals surface area contributed by atoms with Crippen molar-refractivity contribution < 1.29 is 0 Å². The van der Waals surface area contributed by atoms with Gasteiger partial charge in [-0.3, -0.25) is 0 Å². The van der Waals surface area contributed by atoms with Crippen molar-refractivity contribution in [2.75, 3.05) is 0 Å². The third kappa shape index (κ3) is 3.13. The van der Waals surface area contributed by atoms with Crippen LogP contribution in [0.4, 0.5) is 0 Å². The summed E-state index contributed by atoms with van der Waals surface area (Å²) in [5, 5.41) is 7.96. The van der Waals surface area contributed by atoms with Crippen molar-refractivity contribution in [1.29, 1.82) is 0 Å². The van der Waals surface area contributed by atoms with E-state index < -0.39 is 0 Å². The first-order valence-electron chi connectivity index (χ1n) is 5.26. The van der Waals surface area contributed by atoms with Gasteiger partial charge < -0.3 is 0 Å². The Balaban J connectivity index is 2.76. The largest absolute Gasteiger partial charge is 0.249 e. The highest BCUT2D eigenvalue weighted by molar-refractivity contribution is 4.78. The molecule has 3 nitrogen and oxygen atoms in total. The molecule has 0 aromatic carbocycles. The first-order chi connectivity index (χ1) is 6.40. The van der Waals surface area contributed by atoms with Crippen molar-refractivity contribution >= 4 is 0 Å². The zero-order chi connectivity index (χ0) is 10.8. The lowest BCUT2D eigenvalue weighted by atomic mass is 9.84. The van der Waals surface area contributed by atoms with Gasteiger partial charge in [-0.25, -0.2) is 4.68 Å². The molecule has 0 amide bonds. The highest BCUT2D eigenvalue weighted by atomic mass is 15.4. The average molecular weight is 195 g/mol. The Bertz CT molecular complexity index is 257. The summed E-state index contributed by atoms with van der Waals surface area (Å²) in [6, 6.07) is 0.456. The van der Waals surface area contributed by atoms with E-state index in [4.69, 9.17) is 0 Å². The maximum atomic E-state index is 4.09. The minimum atomic E-state index is 0.334. The maximum Gasteiger partial charge on any atom is 0.0693 e. The van der Waals surface area contributed by atoms with Gasteiger partial charge >= 0.3 is 0 Å². The second kappa shape index (κ2) is 4.11. The molecule has 1 unspecified atom stereocenters. The molecular formula is C11H21N3. The molecule has 1 atom stereocenters. The van der Waals surface area contributed by atoms with Crippen LogP contribution in [0.5, 0.6) is 0 Å². The summed E-state index contributed by atoms with van der Waals surface area (Å²) < 4.78 is 1.98. The van der Waals surface area contributed by atoms with E-state index in [0.717, 1.165) is 6.42 Å². The molecule has 14 heavy (non-hydrogen) atoms. The van der Waals surface area contributed by atoms with Gasteiger partial charge in [-0.05, 0) is 17.8 Å². The molecule has 0 radical (unpaired) electrons. The molecule has 0 fully saturated rings. The van der Waals surface area contributed by atoms with Crippen LogP contribution in [0.25, 0.3) is 0 Å². The van der Waals surface area contributed by atoms with Crippen molar-refractivity contribution in [3.8, 4) is 0 Å². The van der Waals surface area contributed by atoms with E-state index in [0.29, 0.717) is 17.4 Å². The molecule has 0 bridgehead atoms. The molecule has 0 aliphatic heterocycles. The minimum absolute atomic E-state index is 0.334. The van der Waals surface area contributed by atoms with E-state index in [1.807, 2.05) is 10.9 Å². The lowest BCUT2D eigenvalue weighted by Crippen LogP contribution is -2.22. The van der Waals surface area contributed by atoms with Crippen LogP contribution in [0.3, 0.4) is 0 Å². The van der Waals surface area contributed by atoms with Gasteiger partial charge in [0.05, 0.1) is 12.2 Å². The van der Waals surface area contributed by atoms with Gasteiger partial charge in [0.2, 0.25) is 0 Å². The lowest BCUT2D eigenvalue weighted by molar-refractivity contribution is 0.227. The summed E-state index contributed by atoms with van der Waals surface area (Å²) in [6.45, 7) is 11.3. The first kappa shape index (κ1) is 11.2. The molecule has 1 rings (SSSR count). The van der Waals surface area contributed by atoms with E-state index in [-0.39, 0.29) is 0 Å². The van der Waals surface area contributed by atoms with Crippen LogP contribution in [-0.2, 0) is 0 Å². The Labute approximate surface area is 86.5 Å². The smallest absolute Gasteiger partial charge is 0.0693 e. The van der Waals surface area contributed by atoms with E-state index in [1.54, 1.807) is 6.20 Å². The number of hydrogen-bond donors (Lipinski definition) is 0. The van der Waals surface area contributed by atoms with E-state index in [2.05, 4.69) is 44.9 Å². The van der Waals surface area contributed by atoms with E-state index in [1.165, 1.54) is 0 Å². The summed E-state index contributed by atoms with van der Waals surface area (Å²) >= 11 is 0. The molecule has 0 saturated heterocycles. The predicted molar refractivity (Wildman–Crippen MR) is 58.0 cm³/mol. The molecule has 80 valence electrons. The van der Waals surface area contributed by atoms with Crippen molar-refractivity contribution in [3.63, 3.8) is 0 Å². The molecule has 0 N–H and O–H groups in total. The summed E-state index contributed by atoms with van der Waals surface area (Å²) in [6.07, 6.45) is 4.84. The standard InChI is InChI=1S/C11H21N3/c1-9(2)10(8-11(3,4)5)14-7-6-12-13-14/h6-7,9-10H,8H2,1-5H3. The summed E-state index contributed by atoms with van der Waals surface area (Å²) in [5.41, 5.74) is 0.334. The van der Waals surface area contributed by atoms with Gasteiger partial charge in [0, 0.05) is 6.20 Å². The van der Waals surface area contributed by atoms with Crippen molar-refractivity contribution in [2.24, 2.45) is 11.3 Å². The van der Waals surface area contributed by atoms with Crippen LogP contribution in [0, 0.1) is 11.3 Å². The second-order valence-corrected chi connectivity index (χ2v) is 5.46. The molecule has 0 spiro atoms. The molecule has 0 aliphatic rings. The average Bonchev–Trinajstić information content (AvgIpc) is 2.49. The summed E-state index contributed by atoms with van der Waals surface area (Å²) in [5.74, 6) is 0.593. The molecule has 1 aromatic rings. The van der Waals surface area contributed by atoms with Crippen molar-refractivity contribution in [1.82, 2.24) is 15.0 Å². The second-order valence-electron chi connectivity index (χ2n) is 5.46. The summed E-state index contributed by atoms with van der Waals surface area (Å²) in [4.78, 5) is 0. The van der Waals surface area contributed by atoms with E-state index >= 15 is 0 Å². The van der Waals surface area contributed by atoms with Crippen LogP contribution in [0.2, 0.25) is 0 Å².